The van der Waals surface area contributed by atoms with Crippen LogP contribution in [-0.4, -0.2) is 30.6 Å². The van der Waals surface area contributed by atoms with E-state index in [1.165, 1.54) is 42.9 Å². The van der Waals surface area contributed by atoms with E-state index in [0.29, 0.717) is 6.04 Å². The molecule has 1 unspecified atom stereocenters. The predicted molar refractivity (Wildman–Crippen MR) is 86.1 cm³/mol. The largest absolute Gasteiger partial charge is 0.308 e. The first kappa shape index (κ1) is 13.8. The Balaban J connectivity index is 1.38. The lowest BCUT2D eigenvalue weighted by atomic mass is 10.1. The second-order valence-corrected chi connectivity index (χ2v) is 6.51. The first-order valence-electron chi connectivity index (χ1n) is 7.42. The third kappa shape index (κ3) is 3.92. The van der Waals surface area contributed by atoms with Gasteiger partial charge in [-0.05, 0) is 36.4 Å². The molecule has 1 saturated heterocycles. The van der Waals surface area contributed by atoms with Gasteiger partial charge in [-0.2, -0.15) is 0 Å². The number of rotatable bonds is 6. The van der Waals surface area contributed by atoms with Crippen LogP contribution in [0.4, 0.5) is 0 Å². The molecule has 1 aliphatic rings. The zero-order chi connectivity index (χ0) is 13.6. The van der Waals surface area contributed by atoms with Crippen molar-refractivity contribution in [3.05, 3.63) is 58.3 Å². The fraction of sp³-hybridized carbons (Fsp3) is 0.412. The number of likely N-dealkylation sites (tertiary alicyclic amines) is 1. The molecular weight excluding hydrogens is 264 g/mol. The molecule has 1 aromatic carbocycles. The summed E-state index contributed by atoms with van der Waals surface area (Å²) in [6.45, 7) is 4.63. The lowest BCUT2D eigenvalue weighted by Gasteiger charge is -2.16. The molecule has 0 aliphatic carbocycles. The minimum atomic E-state index is 0.660. The van der Waals surface area contributed by atoms with Gasteiger partial charge in [0.15, 0.2) is 0 Å². The summed E-state index contributed by atoms with van der Waals surface area (Å²) in [4.78, 5) is 4.02. The molecule has 1 atom stereocenters. The third-order valence-corrected chi connectivity index (χ3v) is 4.85. The molecule has 2 aromatic rings. The summed E-state index contributed by atoms with van der Waals surface area (Å²) in [6, 6.07) is 15.8. The van der Waals surface area contributed by atoms with Crippen LogP contribution >= 0.6 is 11.3 Å². The van der Waals surface area contributed by atoms with Crippen LogP contribution < -0.4 is 5.32 Å². The van der Waals surface area contributed by atoms with Crippen LogP contribution in [0.1, 0.15) is 16.9 Å². The van der Waals surface area contributed by atoms with Crippen molar-refractivity contribution in [1.29, 1.82) is 0 Å². The van der Waals surface area contributed by atoms with E-state index in [1.807, 2.05) is 11.3 Å². The van der Waals surface area contributed by atoms with Gasteiger partial charge in [0.05, 0.1) is 0 Å². The molecule has 1 aliphatic heterocycles. The molecule has 0 spiro atoms. The monoisotopic (exact) mass is 286 g/mol. The van der Waals surface area contributed by atoms with Gasteiger partial charge in [-0.1, -0.05) is 36.4 Å². The zero-order valence-corrected chi connectivity index (χ0v) is 12.6. The smallest absolute Gasteiger partial charge is 0.0302 e. The van der Waals surface area contributed by atoms with Crippen molar-refractivity contribution in [2.24, 2.45) is 0 Å². The van der Waals surface area contributed by atoms with Gasteiger partial charge in [0.2, 0.25) is 0 Å². The summed E-state index contributed by atoms with van der Waals surface area (Å²) >= 11 is 1.84. The molecule has 1 N–H and O–H groups in total. The SMILES string of the molecule is c1ccc(CCN2CCC(NCc3cccs3)C2)cc1. The van der Waals surface area contributed by atoms with Crippen LogP contribution in [-0.2, 0) is 13.0 Å². The molecule has 0 amide bonds. The lowest BCUT2D eigenvalue weighted by Crippen LogP contribution is -2.32. The third-order valence-electron chi connectivity index (χ3n) is 3.98. The Kier molecular flexibility index (Phi) is 4.85. The van der Waals surface area contributed by atoms with Gasteiger partial charge in [-0.3, -0.25) is 0 Å². The topological polar surface area (TPSA) is 15.3 Å². The van der Waals surface area contributed by atoms with E-state index in [9.17, 15) is 0 Å². The average molecular weight is 286 g/mol. The average Bonchev–Trinajstić information content (AvgIpc) is 3.16. The number of nitrogens with zero attached hydrogens (tertiary/aromatic N) is 1. The van der Waals surface area contributed by atoms with Crippen LogP contribution in [0.15, 0.2) is 47.8 Å². The van der Waals surface area contributed by atoms with Crippen LogP contribution in [0, 0.1) is 0 Å². The summed E-state index contributed by atoms with van der Waals surface area (Å²) in [5.41, 5.74) is 1.45. The number of hydrogen-bond acceptors (Lipinski definition) is 3. The number of thiophene rings is 1. The Morgan fingerprint density at radius 3 is 2.85 bits per heavy atom. The van der Waals surface area contributed by atoms with Crippen LogP contribution in [0.3, 0.4) is 0 Å². The highest BCUT2D eigenvalue weighted by Gasteiger charge is 2.21. The van der Waals surface area contributed by atoms with Gasteiger partial charge in [-0.25, -0.2) is 0 Å². The van der Waals surface area contributed by atoms with Gasteiger partial charge < -0.3 is 10.2 Å². The Labute approximate surface area is 125 Å². The van der Waals surface area contributed by atoms with Crippen LogP contribution in [0.25, 0.3) is 0 Å². The highest BCUT2D eigenvalue weighted by molar-refractivity contribution is 7.09. The maximum absolute atomic E-state index is 3.68. The predicted octanol–water partition coefficient (Wildman–Crippen LogP) is 3.15. The Bertz CT molecular complexity index is 495. The van der Waals surface area contributed by atoms with Crippen molar-refractivity contribution in [2.75, 3.05) is 19.6 Å². The Morgan fingerprint density at radius 2 is 2.05 bits per heavy atom. The van der Waals surface area contributed by atoms with Crippen molar-refractivity contribution in [3.63, 3.8) is 0 Å². The van der Waals surface area contributed by atoms with Crippen LogP contribution in [0.2, 0.25) is 0 Å². The molecule has 0 saturated carbocycles. The van der Waals surface area contributed by atoms with Gasteiger partial charge in [-0.15, -0.1) is 11.3 Å². The maximum atomic E-state index is 3.68. The molecule has 1 fully saturated rings. The van der Waals surface area contributed by atoms with E-state index in [2.05, 4.69) is 58.1 Å². The quantitative estimate of drug-likeness (QED) is 0.877. The van der Waals surface area contributed by atoms with Crippen molar-refractivity contribution >= 4 is 11.3 Å². The second kappa shape index (κ2) is 7.02. The van der Waals surface area contributed by atoms with Gasteiger partial charge in [0.1, 0.15) is 0 Å². The standard InChI is InChI=1S/C17H22N2S/c1-2-5-15(6-3-1)8-10-19-11-9-16(14-19)18-13-17-7-4-12-20-17/h1-7,12,16,18H,8-11,13-14H2. The van der Waals surface area contributed by atoms with E-state index in [4.69, 9.17) is 0 Å². The van der Waals surface area contributed by atoms with E-state index in [0.717, 1.165) is 6.54 Å². The molecule has 106 valence electrons. The van der Waals surface area contributed by atoms with Gasteiger partial charge >= 0.3 is 0 Å². The normalized spacial score (nSPS) is 19.5. The Morgan fingerprint density at radius 1 is 1.15 bits per heavy atom. The summed E-state index contributed by atoms with van der Waals surface area (Å²) in [6.07, 6.45) is 2.44. The Hall–Kier alpha value is -1.16. The molecule has 1 aromatic heterocycles. The molecular formula is C17H22N2S. The van der Waals surface area contributed by atoms with Gasteiger partial charge in [0, 0.05) is 30.6 Å². The minimum Gasteiger partial charge on any atom is -0.308 e. The van der Waals surface area contributed by atoms with Crippen molar-refractivity contribution in [2.45, 2.75) is 25.4 Å². The van der Waals surface area contributed by atoms with E-state index < -0.39 is 0 Å². The minimum absolute atomic E-state index is 0.660. The molecule has 2 nitrogen and oxygen atoms in total. The van der Waals surface area contributed by atoms with Crippen molar-refractivity contribution in [1.82, 2.24) is 10.2 Å². The molecule has 3 heteroatoms. The van der Waals surface area contributed by atoms with Gasteiger partial charge in [0.25, 0.3) is 0 Å². The van der Waals surface area contributed by atoms with E-state index >= 15 is 0 Å². The van der Waals surface area contributed by atoms with Crippen LogP contribution in [0.5, 0.6) is 0 Å². The second-order valence-electron chi connectivity index (χ2n) is 5.48. The number of hydrogen-bond donors (Lipinski definition) is 1. The van der Waals surface area contributed by atoms with Crippen molar-refractivity contribution < 1.29 is 0 Å². The first-order chi connectivity index (χ1) is 9.90. The van der Waals surface area contributed by atoms with Crippen molar-refractivity contribution in [3.8, 4) is 0 Å². The highest BCUT2D eigenvalue weighted by Crippen LogP contribution is 2.13. The molecule has 3 rings (SSSR count). The fourth-order valence-corrected chi connectivity index (χ4v) is 3.45. The number of nitrogens with one attached hydrogen (secondary N) is 1. The molecule has 0 radical (unpaired) electrons. The maximum Gasteiger partial charge on any atom is 0.0302 e. The highest BCUT2D eigenvalue weighted by atomic mass is 32.1. The summed E-state index contributed by atoms with van der Waals surface area (Å²) in [5, 5.41) is 5.83. The summed E-state index contributed by atoms with van der Waals surface area (Å²) < 4.78 is 0. The zero-order valence-electron chi connectivity index (χ0n) is 11.8. The molecule has 20 heavy (non-hydrogen) atoms. The number of benzene rings is 1. The van der Waals surface area contributed by atoms with E-state index in [1.54, 1.807) is 0 Å². The first-order valence-corrected chi connectivity index (χ1v) is 8.30. The summed E-state index contributed by atoms with van der Waals surface area (Å²) in [7, 11) is 0. The lowest BCUT2D eigenvalue weighted by molar-refractivity contribution is 0.331. The molecule has 2 heterocycles. The molecule has 0 bridgehead atoms. The van der Waals surface area contributed by atoms with E-state index in [-0.39, 0.29) is 0 Å². The fourth-order valence-electron chi connectivity index (χ4n) is 2.79. The summed E-state index contributed by atoms with van der Waals surface area (Å²) in [5.74, 6) is 0.